The van der Waals surface area contributed by atoms with E-state index >= 15 is 0 Å². The Morgan fingerprint density at radius 1 is 1.27 bits per heavy atom. The number of carbonyl (C=O) groups is 1. The lowest BCUT2D eigenvalue weighted by Crippen LogP contribution is -2.60. The van der Waals surface area contributed by atoms with E-state index in [9.17, 15) is 13.2 Å². The largest absolute Gasteiger partial charge is 0.323 e. The van der Waals surface area contributed by atoms with Crippen molar-refractivity contribution in [3.05, 3.63) is 36.5 Å². The van der Waals surface area contributed by atoms with Gasteiger partial charge in [0.15, 0.2) is 9.84 Å². The average molecular weight is 375 g/mol. The van der Waals surface area contributed by atoms with Crippen molar-refractivity contribution >= 4 is 21.7 Å². The molecule has 0 aliphatic carbocycles. The van der Waals surface area contributed by atoms with Gasteiger partial charge < -0.3 is 10.2 Å². The van der Waals surface area contributed by atoms with E-state index in [1.54, 1.807) is 22.8 Å². The van der Waals surface area contributed by atoms with Crippen molar-refractivity contribution < 1.29 is 13.2 Å². The highest BCUT2D eigenvalue weighted by molar-refractivity contribution is 7.91. The van der Waals surface area contributed by atoms with Gasteiger partial charge >= 0.3 is 6.03 Å². The Bertz CT molecular complexity index is 925. The monoisotopic (exact) mass is 375 g/mol. The fraction of sp³-hybridized carbons (Fsp3) is 0.412. The van der Waals surface area contributed by atoms with Crippen LogP contribution in [0.4, 0.5) is 10.6 Å². The lowest BCUT2D eigenvalue weighted by Gasteiger charge is -2.37. The highest BCUT2D eigenvalue weighted by Gasteiger charge is 2.44. The van der Waals surface area contributed by atoms with Gasteiger partial charge in [-0.15, -0.1) is 0 Å². The van der Waals surface area contributed by atoms with E-state index in [0.717, 1.165) is 11.1 Å². The van der Waals surface area contributed by atoms with Crippen molar-refractivity contribution in [2.75, 3.05) is 29.9 Å². The van der Waals surface area contributed by atoms with Crippen LogP contribution in [0, 0.1) is 0 Å². The molecule has 1 aromatic carbocycles. The second-order valence-electron chi connectivity index (χ2n) is 6.72. The second-order valence-corrected chi connectivity index (χ2v) is 8.88. The van der Waals surface area contributed by atoms with Gasteiger partial charge in [0.25, 0.3) is 0 Å². The quantitative estimate of drug-likeness (QED) is 0.805. The molecule has 2 aliphatic heterocycles. The average Bonchev–Trinajstić information content (AvgIpc) is 3.13. The lowest BCUT2D eigenvalue weighted by molar-refractivity contribution is 0.163. The third kappa shape index (κ3) is 3.08. The summed E-state index contributed by atoms with van der Waals surface area (Å²) in [6.07, 6.45) is 1.71. The van der Waals surface area contributed by atoms with Crippen LogP contribution in [-0.2, 0) is 16.9 Å². The maximum atomic E-state index is 12.9. The predicted octanol–water partition coefficient (Wildman–Crippen LogP) is 0.690. The number of hydrogen-bond donors (Lipinski definition) is 2. The number of sulfone groups is 1. The van der Waals surface area contributed by atoms with E-state index in [1.807, 2.05) is 30.3 Å². The first kappa shape index (κ1) is 17.0. The van der Waals surface area contributed by atoms with Crippen LogP contribution >= 0.6 is 0 Å². The highest BCUT2D eigenvalue weighted by atomic mass is 32.2. The molecule has 1 aromatic heterocycles. The summed E-state index contributed by atoms with van der Waals surface area (Å²) in [6, 6.07) is 8.88. The second kappa shape index (κ2) is 6.40. The van der Waals surface area contributed by atoms with Gasteiger partial charge in [0.2, 0.25) is 0 Å². The van der Waals surface area contributed by atoms with Crippen LogP contribution in [0.15, 0.2) is 36.5 Å². The molecule has 2 N–H and O–H groups in total. The number of urea groups is 1. The van der Waals surface area contributed by atoms with Gasteiger partial charge in [-0.2, -0.15) is 5.10 Å². The number of nitrogens with one attached hydrogen (secondary N) is 2. The Hall–Kier alpha value is -2.39. The smallest absolute Gasteiger partial charge is 0.318 e. The van der Waals surface area contributed by atoms with Crippen molar-refractivity contribution in [2.24, 2.45) is 7.05 Å². The van der Waals surface area contributed by atoms with Crippen molar-refractivity contribution in [1.82, 2.24) is 20.0 Å². The van der Waals surface area contributed by atoms with Gasteiger partial charge in [-0.25, -0.2) is 13.2 Å². The molecule has 26 heavy (non-hydrogen) atoms. The van der Waals surface area contributed by atoms with Gasteiger partial charge in [0.1, 0.15) is 5.82 Å². The molecule has 2 saturated heterocycles. The molecule has 2 amide bonds. The van der Waals surface area contributed by atoms with E-state index in [4.69, 9.17) is 0 Å². The maximum Gasteiger partial charge on any atom is 0.323 e. The zero-order valence-corrected chi connectivity index (χ0v) is 15.2. The fourth-order valence-electron chi connectivity index (χ4n) is 3.71. The van der Waals surface area contributed by atoms with Crippen LogP contribution in [0.1, 0.15) is 0 Å². The van der Waals surface area contributed by atoms with Crippen molar-refractivity contribution in [1.29, 1.82) is 0 Å². The number of piperazine rings is 1. The molecule has 4 rings (SSSR count). The Morgan fingerprint density at radius 2 is 2.04 bits per heavy atom. The molecule has 2 atom stereocenters. The third-order valence-electron chi connectivity index (χ3n) is 4.99. The molecular weight excluding hydrogens is 354 g/mol. The Labute approximate surface area is 152 Å². The molecule has 3 heterocycles. The normalized spacial score (nSPS) is 24.3. The van der Waals surface area contributed by atoms with Gasteiger partial charge in [-0.3, -0.25) is 10.00 Å². The molecule has 2 aromatic rings. The number of anilines is 1. The van der Waals surface area contributed by atoms with Crippen LogP contribution in [-0.4, -0.2) is 65.8 Å². The maximum absolute atomic E-state index is 12.9. The topological polar surface area (TPSA) is 96.3 Å². The number of nitrogens with zero attached hydrogens (tertiary/aromatic N) is 3. The molecule has 0 unspecified atom stereocenters. The van der Waals surface area contributed by atoms with Crippen molar-refractivity contribution in [3.63, 3.8) is 0 Å². The van der Waals surface area contributed by atoms with Crippen LogP contribution in [0.3, 0.4) is 0 Å². The van der Waals surface area contributed by atoms with E-state index in [1.165, 1.54) is 0 Å². The number of fused-ring (bicyclic) bond motifs is 1. The summed E-state index contributed by atoms with van der Waals surface area (Å²) in [6.45, 7) is 1.06. The summed E-state index contributed by atoms with van der Waals surface area (Å²) in [5, 5.41) is 10.4. The minimum atomic E-state index is -3.12. The molecule has 0 spiro atoms. The minimum Gasteiger partial charge on any atom is -0.318 e. The van der Waals surface area contributed by atoms with Gasteiger partial charge in [-0.05, 0) is 5.56 Å². The molecule has 138 valence electrons. The van der Waals surface area contributed by atoms with Crippen LogP contribution in [0.5, 0.6) is 0 Å². The number of carbonyl (C=O) groups excluding carboxylic acids is 1. The summed E-state index contributed by atoms with van der Waals surface area (Å²) in [7, 11) is -1.35. The predicted molar refractivity (Wildman–Crippen MR) is 98.6 cm³/mol. The minimum absolute atomic E-state index is 0.00894. The van der Waals surface area contributed by atoms with Gasteiger partial charge in [0, 0.05) is 31.7 Å². The number of amides is 2. The standard InChI is InChI=1S/C17H21N5O3S/c1-21-16(13(9-19-21)12-5-3-2-4-6-12)20-17(23)22-8-7-18-14-10-26(24,25)11-15(14)22/h2-6,9,14-15,18H,7-8,10-11H2,1H3,(H,20,23)/t14-,15+/m0/s1. The number of benzene rings is 1. The Balaban J connectivity index is 1.58. The summed E-state index contributed by atoms with van der Waals surface area (Å²) >= 11 is 0. The first-order valence-corrected chi connectivity index (χ1v) is 10.4. The zero-order chi connectivity index (χ0) is 18.3. The van der Waals surface area contributed by atoms with E-state index < -0.39 is 9.84 Å². The Morgan fingerprint density at radius 3 is 2.81 bits per heavy atom. The summed E-state index contributed by atoms with van der Waals surface area (Å²) in [5.74, 6) is 0.689. The lowest BCUT2D eigenvalue weighted by atomic mass is 10.1. The summed E-state index contributed by atoms with van der Waals surface area (Å²) in [4.78, 5) is 14.5. The van der Waals surface area contributed by atoms with E-state index in [0.29, 0.717) is 18.9 Å². The first-order valence-electron chi connectivity index (χ1n) is 8.53. The molecule has 2 aliphatic rings. The number of rotatable bonds is 2. The summed E-state index contributed by atoms with van der Waals surface area (Å²) < 4.78 is 25.5. The molecular formula is C17H21N5O3S. The first-order chi connectivity index (χ1) is 12.4. The van der Waals surface area contributed by atoms with Crippen molar-refractivity contribution in [3.8, 4) is 11.1 Å². The van der Waals surface area contributed by atoms with Crippen molar-refractivity contribution in [2.45, 2.75) is 12.1 Å². The molecule has 0 saturated carbocycles. The van der Waals surface area contributed by atoms with E-state index in [-0.39, 0.29) is 29.6 Å². The molecule has 0 bridgehead atoms. The molecule has 9 heteroatoms. The van der Waals surface area contributed by atoms with Gasteiger partial charge in [-0.1, -0.05) is 30.3 Å². The number of hydrogen-bond acceptors (Lipinski definition) is 5. The van der Waals surface area contributed by atoms with E-state index in [2.05, 4.69) is 15.7 Å². The molecule has 8 nitrogen and oxygen atoms in total. The highest BCUT2D eigenvalue weighted by Crippen LogP contribution is 2.28. The summed E-state index contributed by atoms with van der Waals surface area (Å²) in [5.41, 5.74) is 1.78. The SMILES string of the molecule is Cn1ncc(-c2ccccc2)c1NC(=O)N1CCN[C@H]2CS(=O)(=O)C[C@H]21. The van der Waals surface area contributed by atoms with Crippen LogP contribution < -0.4 is 10.6 Å². The van der Waals surface area contributed by atoms with Crippen LogP contribution in [0.2, 0.25) is 0 Å². The third-order valence-corrected chi connectivity index (χ3v) is 6.71. The Kier molecular flexibility index (Phi) is 4.20. The number of aryl methyl sites for hydroxylation is 1. The van der Waals surface area contributed by atoms with Gasteiger partial charge in [0.05, 0.1) is 23.7 Å². The fourth-order valence-corrected chi connectivity index (χ4v) is 5.66. The zero-order valence-electron chi connectivity index (χ0n) is 14.4. The molecule has 2 fully saturated rings. The van der Waals surface area contributed by atoms with Crippen LogP contribution in [0.25, 0.3) is 11.1 Å². The molecule has 0 radical (unpaired) electrons. The number of aromatic nitrogens is 2.